The summed E-state index contributed by atoms with van der Waals surface area (Å²) in [6.07, 6.45) is 0.277. The topological polar surface area (TPSA) is 55.3 Å². The van der Waals surface area contributed by atoms with E-state index < -0.39 is 0 Å². The Balaban J connectivity index is 1.50. The number of aromatic nitrogens is 2. The average Bonchev–Trinajstić information content (AvgIpc) is 2.97. The summed E-state index contributed by atoms with van der Waals surface area (Å²) in [6, 6.07) is 36.3. The molecule has 1 aromatic heterocycles. The van der Waals surface area contributed by atoms with Gasteiger partial charge in [0.25, 0.3) is 5.91 Å². The Labute approximate surface area is 248 Å². The smallest absolute Gasteiger partial charge is 0.254 e. The van der Waals surface area contributed by atoms with Gasteiger partial charge in [-0.15, -0.1) is 0 Å². The molecule has 5 nitrogen and oxygen atoms in total. The van der Waals surface area contributed by atoms with Crippen LogP contribution in [0.5, 0.6) is 5.88 Å². The Bertz CT molecular complexity index is 1630. The number of aryl methyl sites for hydroxylation is 4. The lowest BCUT2D eigenvalue weighted by atomic mass is 10.00. The van der Waals surface area contributed by atoms with Gasteiger partial charge < -0.3 is 9.64 Å². The summed E-state index contributed by atoms with van der Waals surface area (Å²) in [6.45, 7) is 8.94. The van der Waals surface area contributed by atoms with Gasteiger partial charge >= 0.3 is 0 Å². The molecule has 0 aliphatic rings. The minimum absolute atomic E-state index is 0.0284. The third kappa shape index (κ3) is 7.29. The summed E-state index contributed by atoms with van der Waals surface area (Å²) in [5, 5.41) is 0. The molecular formula is C37H37N3O2. The van der Waals surface area contributed by atoms with Gasteiger partial charge in [-0.05, 0) is 62.1 Å². The molecule has 0 unspecified atom stereocenters. The van der Waals surface area contributed by atoms with Gasteiger partial charge in [0.05, 0.1) is 12.2 Å². The lowest BCUT2D eigenvalue weighted by Gasteiger charge is -2.29. The zero-order valence-electron chi connectivity index (χ0n) is 24.7. The van der Waals surface area contributed by atoms with E-state index in [0.717, 1.165) is 39.1 Å². The van der Waals surface area contributed by atoms with E-state index in [9.17, 15) is 4.79 Å². The number of amides is 1. The monoisotopic (exact) mass is 555 g/mol. The van der Waals surface area contributed by atoms with E-state index in [1.54, 1.807) is 0 Å². The van der Waals surface area contributed by atoms with E-state index in [2.05, 4.69) is 49.2 Å². The fourth-order valence-corrected chi connectivity index (χ4v) is 5.37. The molecule has 1 atom stereocenters. The first-order valence-corrected chi connectivity index (χ1v) is 14.4. The van der Waals surface area contributed by atoms with Crippen molar-refractivity contribution in [3.8, 4) is 17.1 Å². The van der Waals surface area contributed by atoms with Crippen LogP contribution >= 0.6 is 0 Å². The largest absolute Gasteiger partial charge is 0.472 e. The molecule has 4 aromatic carbocycles. The summed E-state index contributed by atoms with van der Waals surface area (Å²) >= 11 is 0. The molecule has 1 amide bonds. The van der Waals surface area contributed by atoms with Crippen LogP contribution in [0, 0.1) is 27.7 Å². The van der Waals surface area contributed by atoms with Crippen molar-refractivity contribution in [1.82, 2.24) is 14.9 Å². The number of hydrogen-bond acceptors (Lipinski definition) is 4. The van der Waals surface area contributed by atoms with Crippen molar-refractivity contribution >= 4 is 5.91 Å². The third-order valence-corrected chi connectivity index (χ3v) is 7.34. The maximum absolute atomic E-state index is 14.0. The van der Waals surface area contributed by atoms with E-state index >= 15 is 0 Å². The molecule has 42 heavy (non-hydrogen) atoms. The second kappa shape index (κ2) is 13.3. The molecule has 0 saturated carbocycles. The molecule has 5 aromatic rings. The minimum atomic E-state index is -0.343. The molecule has 0 spiro atoms. The number of ether oxygens (including phenoxy) is 1. The Morgan fingerprint density at radius 2 is 1.38 bits per heavy atom. The van der Waals surface area contributed by atoms with Crippen LogP contribution in [-0.2, 0) is 13.0 Å². The molecule has 5 rings (SSSR count). The van der Waals surface area contributed by atoms with Crippen molar-refractivity contribution in [2.75, 3.05) is 6.54 Å². The zero-order chi connectivity index (χ0) is 29.5. The SMILES string of the molecule is Cc1cccc(C(=O)N(Cc2ccccc2)C[C@@H](Cc2ccccc2)Oc2cc(-c3c(C)cccc3C)nc(C)n2)c1. The molecule has 0 aliphatic carbocycles. The van der Waals surface area contributed by atoms with Gasteiger partial charge in [0.2, 0.25) is 5.88 Å². The molecule has 5 heteroatoms. The minimum Gasteiger partial charge on any atom is -0.472 e. The molecule has 0 saturated heterocycles. The molecule has 0 N–H and O–H groups in total. The second-order valence-electron chi connectivity index (χ2n) is 10.9. The summed E-state index contributed by atoms with van der Waals surface area (Å²) < 4.78 is 6.67. The highest BCUT2D eigenvalue weighted by molar-refractivity contribution is 5.94. The first-order valence-electron chi connectivity index (χ1n) is 14.4. The molecule has 0 aliphatic heterocycles. The van der Waals surface area contributed by atoms with E-state index in [0.29, 0.717) is 36.8 Å². The standard InChI is InChI=1S/C37H37N3O2/c1-26-13-11-20-32(21-26)37(41)40(24-31-18-9-6-10-19-31)25-33(22-30-16-7-5-8-17-30)42-35-23-34(38-29(4)39-35)36-27(2)14-12-15-28(36)3/h5-21,23,33H,22,24-25H2,1-4H3/t33-/m1/s1. The van der Waals surface area contributed by atoms with Crippen LogP contribution in [0.4, 0.5) is 0 Å². The number of carbonyl (C=O) groups excluding carboxylic acids is 1. The number of rotatable bonds is 10. The van der Waals surface area contributed by atoms with Gasteiger partial charge in [-0.1, -0.05) is 96.6 Å². The first kappa shape index (κ1) is 28.7. The van der Waals surface area contributed by atoms with E-state index in [-0.39, 0.29) is 12.0 Å². The van der Waals surface area contributed by atoms with E-state index in [1.165, 1.54) is 0 Å². The highest BCUT2D eigenvalue weighted by Gasteiger charge is 2.24. The summed E-state index contributed by atoms with van der Waals surface area (Å²) in [7, 11) is 0. The predicted octanol–water partition coefficient (Wildman–Crippen LogP) is 7.71. The van der Waals surface area contributed by atoms with Crippen LogP contribution in [0.1, 0.15) is 44.0 Å². The van der Waals surface area contributed by atoms with Crippen LogP contribution in [0.25, 0.3) is 11.3 Å². The first-order chi connectivity index (χ1) is 20.4. The van der Waals surface area contributed by atoms with Crippen LogP contribution in [0.15, 0.2) is 109 Å². The maximum atomic E-state index is 14.0. The van der Waals surface area contributed by atoms with Gasteiger partial charge in [0.15, 0.2) is 0 Å². The fraction of sp³-hybridized carbons (Fsp3) is 0.216. The van der Waals surface area contributed by atoms with Crippen molar-refractivity contribution in [3.05, 3.63) is 148 Å². The van der Waals surface area contributed by atoms with Crippen LogP contribution in [-0.4, -0.2) is 33.4 Å². The Morgan fingerprint density at radius 3 is 2.05 bits per heavy atom. The molecule has 0 bridgehead atoms. The lowest BCUT2D eigenvalue weighted by molar-refractivity contribution is 0.0634. The quantitative estimate of drug-likeness (QED) is 0.177. The number of nitrogens with zero attached hydrogens (tertiary/aromatic N) is 3. The number of benzene rings is 4. The maximum Gasteiger partial charge on any atom is 0.254 e. The molecule has 1 heterocycles. The highest BCUT2D eigenvalue weighted by Crippen LogP contribution is 2.28. The fourth-order valence-electron chi connectivity index (χ4n) is 5.37. The van der Waals surface area contributed by atoms with Gasteiger partial charge in [-0.25, -0.2) is 4.98 Å². The van der Waals surface area contributed by atoms with Gasteiger partial charge in [0, 0.05) is 30.2 Å². The summed E-state index contributed by atoms with van der Waals surface area (Å²) in [5.74, 6) is 1.11. The van der Waals surface area contributed by atoms with Gasteiger partial charge in [0.1, 0.15) is 11.9 Å². The molecule has 0 fully saturated rings. The molecule has 212 valence electrons. The molecular weight excluding hydrogens is 518 g/mol. The van der Waals surface area contributed by atoms with Crippen molar-refractivity contribution in [3.63, 3.8) is 0 Å². The lowest BCUT2D eigenvalue weighted by Crippen LogP contribution is -2.40. The van der Waals surface area contributed by atoms with Gasteiger partial charge in [-0.2, -0.15) is 4.98 Å². The Hall–Kier alpha value is -4.77. The predicted molar refractivity (Wildman–Crippen MR) is 169 cm³/mol. The number of carbonyl (C=O) groups is 1. The Kier molecular flexibility index (Phi) is 9.08. The zero-order valence-corrected chi connectivity index (χ0v) is 24.7. The van der Waals surface area contributed by atoms with Crippen molar-refractivity contribution < 1.29 is 9.53 Å². The third-order valence-electron chi connectivity index (χ3n) is 7.34. The molecule has 0 radical (unpaired) electrons. The van der Waals surface area contributed by atoms with Crippen LogP contribution < -0.4 is 4.74 Å². The van der Waals surface area contributed by atoms with Crippen molar-refractivity contribution in [2.45, 2.75) is 46.8 Å². The number of hydrogen-bond donors (Lipinski definition) is 0. The summed E-state index contributed by atoms with van der Waals surface area (Å²) in [4.78, 5) is 25.3. The Morgan fingerprint density at radius 1 is 0.738 bits per heavy atom. The van der Waals surface area contributed by atoms with Crippen molar-refractivity contribution in [2.24, 2.45) is 0 Å². The van der Waals surface area contributed by atoms with E-state index in [4.69, 9.17) is 9.72 Å². The highest BCUT2D eigenvalue weighted by atomic mass is 16.5. The van der Waals surface area contributed by atoms with Crippen LogP contribution in [0.2, 0.25) is 0 Å². The second-order valence-corrected chi connectivity index (χ2v) is 10.9. The van der Waals surface area contributed by atoms with Gasteiger partial charge in [-0.3, -0.25) is 4.79 Å². The van der Waals surface area contributed by atoms with E-state index in [1.807, 2.05) is 97.6 Å². The summed E-state index contributed by atoms with van der Waals surface area (Å²) in [5.41, 5.74) is 8.14. The van der Waals surface area contributed by atoms with Crippen LogP contribution in [0.3, 0.4) is 0 Å². The van der Waals surface area contributed by atoms with Crippen molar-refractivity contribution in [1.29, 1.82) is 0 Å². The normalized spacial score (nSPS) is 11.6. The average molecular weight is 556 g/mol.